The number of benzene rings is 3. The summed E-state index contributed by atoms with van der Waals surface area (Å²) in [6, 6.07) is 9.67. The van der Waals surface area contributed by atoms with Crippen molar-refractivity contribution >= 4 is 11.8 Å². The van der Waals surface area contributed by atoms with E-state index in [0.29, 0.717) is 0 Å². The number of aromatic hydroxyl groups is 5. The lowest BCUT2D eigenvalue weighted by molar-refractivity contribution is -0.304. The van der Waals surface area contributed by atoms with E-state index in [9.17, 15) is 55.5 Å². The van der Waals surface area contributed by atoms with E-state index >= 15 is 0 Å². The van der Waals surface area contributed by atoms with Crippen molar-refractivity contribution in [3.63, 3.8) is 0 Å². The fraction of sp³-hybridized carbons (Fsp3) is 0.333. The molecule has 2 aliphatic rings. The normalized spacial score (nSPS) is 27.3. The van der Waals surface area contributed by atoms with Gasteiger partial charge in [-0.3, -0.25) is 9.59 Å². The van der Waals surface area contributed by atoms with Crippen molar-refractivity contribution in [1.82, 2.24) is 0 Å². The van der Waals surface area contributed by atoms with Crippen LogP contribution >= 0.6 is 0 Å². The molecule has 0 aromatic heterocycles. The number of carboxylic acid groups (broad SMARTS) is 1. The lowest BCUT2D eigenvalue weighted by atomic mass is 9.83. The third kappa shape index (κ3) is 5.56. The number of aliphatic hydroxyl groups is 3. The van der Waals surface area contributed by atoms with Crippen molar-refractivity contribution in [1.29, 1.82) is 0 Å². The lowest BCUT2D eigenvalue weighted by Crippen LogP contribution is -2.59. The number of phenols is 5. The number of carbonyl (C=O) groups excluding carboxylic acids is 1. The molecule has 2 heterocycles. The second-order valence-electron chi connectivity index (χ2n) is 10.7. The van der Waals surface area contributed by atoms with Crippen molar-refractivity contribution in [3.05, 3.63) is 70.8 Å². The molecule has 3 aromatic carbocycles. The Hall–Kier alpha value is -4.60. The molecule has 44 heavy (non-hydrogen) atoms. The van der Waals surface area contributed by atoms with Crippen LogP contribution in [0.15, 0.2) is 48.5 Å². The number of carboxylic acids is 1. The molecular formula is C30H30O14. The van der Waals surface area contributed by atoms with Gasteiger partial charge in [-0.05, 0) is 42.3 Å². The van der Waals surface area contributed by atoms with Gasteiger partial charge >= 0.3 is 5.97 Å². The third-order valence-electron chi connectivity index (χ3n) is 7.74. The fourth-order valence-electron chi connectivity index (χ4n) is 5.44. The number of ketones is 1. The highest BCUT2D eigenvalue weighted by molar-refractivity contribution is 6.06. The summed E-state index contributed by atoms with van der Waals surface area (Å²) < 4.78 is 17.6. The molecule has 8 atom stereocenters. The number of Topliss-reactive ketones (excluding diaryl/α,β-unsaturated/α-hetero) is 1. The SMILES string of the molecule is C[C@@H]1O[C@@H](O[C@H]2C(=O)c3c(O)cc(O)c(C(CC(=O)O)c4ccc(O)c(O)c4)c3O[C@@H]2c2ccc(O)cc2)[C@H](O)[C@H](O)[C@H]1O. The average Bonchev–Trinajstić information content (AvgIpc) is 2.96. The van der Waals surface area contributed by atoms with E-state index in [0.717, 1.165) is 18.2 Å². The maximum atomic E-state index is 14.1. The van der Waals surface area contributed by atoms with Gasteiger partial charge in [0, 0.05) is 17.5 Å². The second kappa shape index (κ2) is 11.8. The molecule has 9 N–H and O–H groups in total. The molecule has 5 rings (SSSR count). The fourth-order valence-corrected chi connectivity index (χ4v) is 5.44. The maximum absolute atomic E-state index is 14.1. The van der Waals surface area contributed by atoms with Crippen LogP contribution in [-0.4, -0.2) is 94.5 Å². The zero-order chi connectivity index (χ0) is 32.0. The second-order valence-corrected chi connectivity index (χ2v) is 10.7. The Morgan fingerprint density at radius 1 is 0.864 bits per heavy atom. The van der Waals surface area contributed by atoms with Gasteiger partial charge in [0.25, 0.3) is 0 Å². The van der Waals surface area contributed by atoms with Crippen LogP contribution in [0.4, 0.5) is 0 Å². The van der Waals surface area contributed by atoms with Gasteiger partial charge in [-0.25, -0.2) is 0 Å². The highest BCUT2D eigenvalue weighted by Crippen LogP contribution is 2.51. The number of carbonyl (C=O) groups is 2. The third-order valence-corrected chi connectivity index (χ3v) is 7.74. The van der Waals surface area contributed by atoms with Crippen molar-refractivity contribution in [3.8, 4) is 34.5 Å². The van der Waals surface area contributed by atoms with Gasteiger partial charge in [0.1, 0.15) is 46.9 Å². The van der Waals surface area contributed by atoms with Crippen LogP contribution in [0.25, 0.3) is 0 Å². The van der Waals surface area contributed by atoms with E-state index in [1.807, 2.05) is 0 Å². The number of hydrogen-bond acceptors (Lipinski definition) is 13. The molecule has 0 amide bonds. The standard InChI is InChI=1S/C30H30O14/c1-11-23(38)25(40)26(41)30(42-11)44-29-24(39)22-19(35)10-18(34)21(28(22)43-27(29)12-2-5-14(31)6-3-12)15(9-20(36)37)13-4-7-16(32)17(33)8-13/h2-8,10-11,15,23,25-27,29-35,38,40-41H,9H2,1H3,(H,36,37)/t11-,15?,23-,25+,26+,27+,29-,30-/m0/s1. The molecule has 1 saturated heterocycles. The monoisotopic (exact) mass is 614 g/mol. The Bertz CT molecular complexity index is 1570. The average molecular weight is 615 g/mol. The van der Waals surface area contributed by atoms with Crippen LogP contribution in [-0.2, 0) is 14.3 Å². The molecule has 3 aromatic rings. The minimum absolute atomic E-state index is 0.113. The Balaban J connectivity index is 1.67. The number of rotatable bonds is 7. The quantitative estimate of drug-likeness (QED) is 0.171. The molecule has 0 saturated carbocycles. The number of aliphatic carboxylic acids is 1. The van der Waals surface area contributed by atoms with E-state index in [1.54, 1.807) is 0 Å². The molecule has 0 spiro atoms. The van der Waals surface area contributed by atoms with Gasteiger partial charge in [-0.2, -0.15) is 0 Å². The lowest BCUT2D eigenvalue weighted by Gasteiger charge is -2.42. The van der Waals surface area contributed by atoms with Crippen LogP contribution in [0.3, 0.4) is 0 Å². The molecule has 1 fully saturated rings. The van der Waals surface area contributed by atoms with Gasteiger partial charge < -0.3 is 60.2 Å². The van der Waals surface area contributed by atoms with Crippen molar-refractivity contribution in [2.45, 2.75) is 62.2 Å². The Labute approximate surface area is 249 Å². The van der Waals surface area contributed by atoms with Gasteiger partial charge in [0.15, 0.2) is 30.0 Å². The number of aliphatic hydroxyl groups excluding tert-OH is 3. The first-order valence-electron chi connectivity index (χ1n) is 13.5. The summed E-state index contributed by atoms with van der Waals surface area (Å²) in [7, 11) is 0. The van der Waals surface area contributed by atoms with E-state index in [2.05, 4.69) is 0 Å². The molecule has 0 aliphatic carbocycles. The first-order chi connectivity index (χ1) is 20.8. The van der Waals surface area contributed by atoms with Crippen molar-refractivity contribution < 1.29 is 69.8 Å². The van der Waals surface area contributed by atoms with Gasteiger partial charge in [0.2, 0.25) is 5.78 Å². The molecule has 234 valence electrons. The summed E-state index contributed by atoms with van der Waals surface area (Å²) in [6.07, 6.45) is -11.4. The predicted molar refractivity (Wildman–Crippen MR) is 147 cm³/mol. The zero-order valence-electron chi connectivity index (χ0n) is 23.0. The highest BCUT2D eigenvalue weighted by atomic mass is 16.7. The largest absolute Gasteiger partial charge is 0.508 e. The predicted octanol–water partition coefficient (Wildman–Crippen LogP) is 1.35. The summed E-state index contributed by atoms with van der Waals surface area (Å²) in [5, 5.41) is 92.3. The molecule has 0 radical (unpaired) electrons. The number of ether oxygens (including phenoxy) is 3. The van der Waals surface area contributed by atoms with Crippen molar-refractivity contribution in [2.75, 3.05) is 0 Å². The van der Waals surface area contributed by atoms with Gasteiger partial charge in [-0.15, -0.1) is 0 Å². The van der Waals surface area contributed by atoms with E-state index in [1.165, 1.54) is 37.3 Å². The molecule has 2 aliphatic heterocycles. The smallest absolute Gasteiger partial charge is 0.304 e. The van der Waals surface area contributed by atoms with Crippen LogP contribution in [0.2, 0.25) is 0 Å². The minimum atomic E-state index is -1.80. The van der Waals surface area contributed by atoms with E-state index in [4.69, 9.17) is 14.2 Å². The topological polar surface area (TPSA) is 244 Å². The van der Waals surface area contributed by atoms with Crippen LogP contribution in [0.1, 0.15) is 52.4 Å². The summed E-state index contributed by atoms with van der Waals surface area (Å²) in [5.41, 5.74) is -0.393. The van der Waals surface area contributed by atoms with E-state index in [-0.39, 0.29) is 22.4 Å². The molecule has 0 bridgehead atoms. The van der Waals surface area contributed by atoms with Gasteiger partial charge in [0.05, 0.1) is 12.5 Å². The summed E-state index contributed by atoms with van der Waals surface area (Å²) >= 11 is 0. The Kier molecular flexibility index (Phi) is 8.29. The molecule has 1 unspecified atom stereocenters. The molecular weight excluding hydrogens is 584 g/mol. The first-order valence-corrected chi connectivity index (χ1v) is 13.5. The molecule has 14 heteroatoms. The van der Waals surface area contributed by atoms with Gasteiger partial charge in [-0.1, -0.05) is 18.2 Å². The first kappa shape index (κ1) is 30.8. The summed E-state index contributed by atoms with van der Waals surface area (Å²) in [4.78, 5) is 26.1. The number of fused-ring (bicyclic) bond motifs is 1. The molecule has 14 nitrogen and oxygen atoms in total. The summed E-state index contributed by atoms with van der Waals surface area (Å²) in [5.74, 6) is -6.54. The minimum Gasteiger partial charge on any atom is -0.508 e. The zero-order valence-corrected chi connectivity index (χ0v) is 23.0. The Morgan fingerprint density at radius 3 is 2.18 bits per heavy atom. The summed E-state index contributed by atoms with van der Waals surface area (Å²) in [6.45, 7) is 1.41. The van der Waals surface area contributed by atoms with Crippen LogP contribution in [0, 0.1) is 0 Å². The highest BCUT2D eigenvalue weighted by Gasteiger charge is 2.49. The van der Waals surface area contributed by atoms with Crippen LogP contribution in [0.5, 0.6) is 34.5 Å². The van der Waals surface area contributed by atoms with Crippen LogP contribution < -0.4 is 4.74 Å². The number of phenolic OH excluding ortho intramolecular Hbond substituents is 5. The Morgan fingerprint density at radius 2 is 1.55 bits per heavy atom. The van der Waals surface area contributed by atoms with Crippen molar-refractivity contribution in [2.24, 2.45) is 0 Å². The van der Waals surface area contributed by atoms with E-state index < -0.39 is 101 Å². The maximum Gasteiger partial charge on any atom is 0.304 e. The number of hydrogen-bond donors (Lipinski definition) is 9.